The van der Waals surface area contributed by atoms with E-state index >= 15 is 0 Å². The van der Waals surface area contributed by atoms with E-state index in [1.807, 2.05) is 42.7 Å². The molecule has 0 fully saturated rings. The largest absolute Gasteiger partial charge is 0.256 e. The lowest BCUT2D eigenvalue weighted by molar-refractivity contribution is 1.30. The Balaban J connectivity index is 2.33. The van der Waals surface area contributed by atoms with Crippen molar-refractivity contribution in [2.24, 2.45) is 0 Å². The summed E-state index contributed by atoms with van der Waals surface area (Å²) >= 11 is 14.5. The molecule has 1 aromatic carbocycles. The molecule has 0 atom stereocenters. The lowest BCUT2D eigenvalue weighted by Gasteiger charge is -2.10. The van der Waals surface area contributed by atoms with Crippen LogP contribution in [0.15, 0.2) is 47.5 Å². The Morgan fingerprint density at radius 2 is 1.95 bits per heavy atom. The third-order valence-electron chi connectivity index (χ3n) is 3.01. The first-order valence-corrected chi connectivity index (χ1v) is 7.93. The maximum Gasteiger partial charge on any atom is 0.140 e. The fourth-order valence-corrected chi connectivity index (χ4v) is 3.14. The van der Waals surface area contributed by atoms with Crippen molar-refractivity contribution in [3.05, 3.63) is 52.8 Å². The highest BCUT2D eigenvalue weighted by Gasteiger charge is 2.15. The Morgan fingerprint density at radius 3 is 2.65 bits per heavy atom. The monoisotopic (exact) mass is 320 g/mol. The van der Waals surface area contributed by atoms with Gasteiger partial charge in [-0.05, 0) is 36.6 Å². The van der Waals surface area contributed by atoms with Crippen molar-refractivity contribution in [3.8, 4) is 11.3 Å². The average Bonchev–Trinajstić information content (AvgIpc) is 2.48. The highest BCUT2D eigenvalue weighted by atomic mass is 35.5. The number of fused-ring (bicyclic) bond motifs is 1. The molecule has 0 N–H and O–H groups in total. The first-order valence-electron chi connectivity index (χ1n) is 5.95. The summed E-state index contributed by atoms with van der Waals surface area (Å²) in [6.07, 6.45) is 3.74. The van der Waals surface area contributed by atoms with E-state index in [0.717, 1.165) is 21.5 Å². The lowest BCUT2D eigenvalue weighted by Crippen LogP contribution is -1.91. The van der Waals surface area contributed by atoms with Crippen molar-refractivity contribution in [2.75, 3.05) is 6.26 Å². The van der Waals surface area contributed by atoms with Gasteiger partial charge in [0.2, 0.25) is 0 Å². The van der Waals surface area contributed by atoms with Gasteiger partial charge in [-0.25, -0.2) is 4.98 Å². The van der Waals surface area contributed by atoms with E-state index < -0.39 is 0 Å². The van der Waals surface area contributed by atoms with Crippen LogP contribution in [0.2, 0.25) is 10.2 Å². The summed E-state index contributed by atoms with van der Waals surface area (Å²) in [5.41, 5.74) is 2.20. The molecule has 100 valence electrons. The predicted octanol–water partition coefficient (Wildman–Crippen LogP) is 5.33. The van der Waals surface area contributed by atoms with E-state index in [2.05, 4.69) is 9.97 Å². The van der Waals surface area contributed by atoms with Gasteiger partial charge in [0.25, 0.3) is 0 Å². The summed E-state index contributed by atoms with van der Waals surface area (Å²) < 4.78 is 0. The molecule has 20 heavy (non-hydrogen) atoms. The number of hydrogen-bond donors (Lipinski definition) is 0. The van der Waals surface area contributed by atoms with Crippen LogP contribution in [0, 0.1) is 0 Å². The van der Waals surface area contributed by atoms with Crippen LogP contribution < -0.4 is 0 Å². The van der Waals surface area contributed by atoms with Gasteiger partial charge in [-0.3, -0.25) is 4.98 Å². The van der Waals surface area contributed by atoms with Crippen LogP contribution in [0.25, 0.3) is 22.2 Å². The summed E-state index contributed by atoms with van der Waals surface area (Å²) in [6, 6.07) is 11.6. The number of hydrogen-bond acceptors (Lipinski definition) is 3. The molecule has 0 saturated heterocycles. The standard InChI is InChI=1S/C15H10Cl2N2S/c1-20-9-5-6-11-10(8-9)14(16)13(15(17)19-11)12-4-2-3-7-18-12/h2-8H,1H3. The minimum Gasteiger partial charge on any atom is -0.256 e. The Kier molecular flexibility index (Phi) is 3.83. The summed E-state index contributed by atoms with van der Waals surface area (Å²) in [7, 11) is 0. The first kappa shape index (κ1) is 13.7. The van der Waals surface area contributed by atoms with Gasteiger partial charge in [0.15, 0.2) is 0 Å². The molecular formula is C15H10Cl2N2S. The van der Waals surface area contributed by atoms with Crippen LogP contribution in [0.4, 0.5) is 0 Å². The Hall–Kier alpha value is -1.29. The molecule has 2 heterocycles. The molecule has 3 rings (SSSR count). The summed E-state index contributed by atoms with van der Waals surface area (Å²) in [6.45, 7) is 0. The molecule has 0 aliphatic carbocycles. The van der Waals surface area contributed by atoms with E-state index in [1.165, 1.54) is 0 Å². The van der Waals surface area contributed by atoms with Crippen molar-refractivity contribution in [3.63, 3.8) is 0 Å². The SMILES string of the molecule is CSc1ccc2nc(Cl)c(-c3ccccn3)c(Cl)c2c1. The number of thioether (sulfide) groups is 1. The van der Waals surface area contributed by atoms with Crippen LogP contribution in [0.1, 0.15) is 0 Å². The number of rotatable bonds is 2. The molecule has 2 aromatic heterocycles. The Bertz CT molecular complexity index is 776. The number of benzene rings is 1. The maximum absolute atomic E-state index is 6.54. The molecule has 5 heteroatoms. The van der Waals surface area contributed by atoms with Crippen molar-refractivity contribution >= 4 is 45.9 Å². The molecule has 2 nitrogen and oxygen atoms in total. The van der Waals surface area contributed by atoms with Gasteiger partial charge >= 0.3 is 0 Å². The van der Waals surface area contributed by atoms with Crippen LogP contribution in [0.5, 0.6) is 0 Å². The molecule has 3 aromatic rings. The molecule has 0 unspecified atom stereocenters. The van der Waals surface area contributed by atoms with E-state index in [4.69, 9.17) is 23.2 Å². The normalized spacial score (nSPS) is 10.9. The zero-order valence-corrected chi connectivity index (χ0v) is 12.9. The first-order chi connectivity index (χ1) is 9.70. The van der Waals surface area contributed by atoms with E-state index in [-0.39, 0.29) is 0 Å². The minimum absolute atomic E-state index is 0.373. The van der Waals surface area contributed by atoms with Crippen LogP contribution in [0.3, 0.4) is 0 Å². The topological polar surface area (TPSA) is 25.8 Å². The molecule has 0 saturated carbocycles. The van der Waals surface area contributed by atoms with Gasteiger partial charge in [0.05, 0.1) is 21.8 Å². The van der Waals surface area contributed by atoms with Gasteiger partial charge in [0.1, 0.15) is 5.15 Å². The fraction of sp³-hybridized carbons (Fsp3) is 0.0667. The third-order valence-corrected chi connectivity index (χ3v) is 4.40. The van der Waals surface area contributed by atoms with E-state index in [9.17, 15) is 0 Å². The van der Waals surface area contributed by atoms with Crippen molar-refractivity contribution < 1.29 is 0 Å². The Morgan fingerprint density at radius 1 is 1.10 bits per heavy atom. The quantitative estimate of drug-likeness (QED) is 0.471. The predicted molar refractivity (Wildman–Crippen MR) is 86.8 cm³/mol. The Labute approximate surface area is 131 Å². The van der Waals surface area contributed by atoms with Gasteiger partial charge < -0.3 is 0 Å². The van der Waals surface area contributed by atoms with Crippen LogP contribution >= 0.6 is 35.0 Å². The van der Waals surface area contributed by atoms with E-state index in [1.54, 1.807) is 18.0 Å². The fourth-order valence-electron chi connectivity index (χ4n) is 2.03. The second kappa shape index (κ2) is 5.60. The van der Waals surface area contributed by atoms with Crippen LogP contribution in [-0.4, -0.2) is 16.2 Å². The zero-order valence-electron chi connectivity index (χ0n) is 10.6. The van der Waals surface area contributed by atoms with Crippen molar-refractivity contribution in [1.29, 1.82) is 0 Å². The van der Waals surface area contributed by atoms with Crippen LogP contribution in [-0.2, 0) is 0 Å². The number of pyridine rings is 2. The average molecular weight is 321 g/mol. The molecule has 0 aliphatic heterocycles. The second-order valence-electron chi connectivity index (χ2n) is 4.19. The smallest absolute Gasteiger partial charge is 0.140 e. The highest BCUT2D eigenvalue weighted by molar-refractivity contribution is 7.98. The molecule has 0 radical (unpaired) electrons. The second-order valence-corrected chi connectivity index (χ2v) is 5.81. The third kappa shape index (κ3) is 2.37. The van der Waals surface area contributed by atoms with Gasteiger partial charge in [-0.15, -0.1) is 11.8 Å². The number of nitrogens with zero attached hydrogens (tertiary/aromatic N) is 2. The lowest BCUT2D eigenvalue weighted by atomic mass is 10.1. The molecule has 0 aliphatic rings. The molecular weight excluding hydrogens is 311 g/mol. The highest BCUT2D eigenvalue weighted by Crippen LogP contribution is 2.38. The number of halogens is 2. The summed E-state index contributed by atoms with van der Waals surface area (Å²) in [5.74, 6) is 0. The summed E-state index contributed by atoms with van der Waals surface area (Å²) in [4.78, 5) is 9.86. The van der Waals surface area contributed by atoms with Crippen molar-refractivity contribution in [2.45, 2.75) is 4.90 Å². The zero-order chi connectivity index (χ0) is 14.1. The minimum atomic E-state index is 0.373. The number of aromatic nitrogens is 2. The van der Waals surface area contributed by atoms with Gasteiger partial charge in [0, 0.05) is 16.5 Å². The summed E-state index contributed by atoms with van der Waals surface area (Å²) in [5, 5.41) is 1.86. The molecule has 0 amide bonds. The maximum atomic E-state index is 6.54. The van der Waals surface area contributed by atoms with E-state index in [0.29, 0.717) is 15.7 Å². The van der Waals surface area contributed by atoms with Gasteiger partial charge in [-0.2, -0.15) is 0 Å². The van der Waals surface area contributed by atoms with Crippen molar-refractivity contribution in [1.82, 2.24) is 9.97 Å². The molecule has 0 bridgehead atoms. The molecule has 0 spiro atoms. The van der Waals surface area contributed by atoms with Gasteiger partial charge in [-0.1, -0.05) is 29.3 Å².